The zero-order valence-electron chi connectivity index (χ0n) is 11.0. The molecule has 6 nitrogen and oxygen atoms in total. The molecule has 1 heterocycles. The van der Waals surface area contributed by atoms with E-state index in [-0.39, 0.29) is 10.6 Å². The number of sulfonamides is 1. The molecule has 2 rings (SSSR count). The van der Waals surface area contributed by atoms with Crippen molar-refractivity contribution in [3.63, 3.8) is 0 Å². The maximum absolute atomic E-state index is 12.9. The number of aliphatic hydroxyl groups excluding tert-OH is 1. The SMILES string of the molecule is Cc1[nH]nc(CO)c1S(=O)(=O)N(C)c1ccc(F)cc1. The number of H-pyrrole nitrogens is 1. The van der Waals surface area contributed by atoms with Gasteiger partial charge in [0.2, 0.25) is 0 Å². The molecule has 0 bridgehead atoms. The quantitative estimate of drug-likeness (QED) is 0.887. The summed E-state index contributed by atoms with van der Waals surface area (Å²) >= 11 is 0. The minimum atomic E-state index is -3.88. The standard InChI is InChI=1S/C12H14FN3O3S/c1-8-12(11(7-17)15-14-8)20(18,19)16(2)10-5-3-9(13)4-6-10/h3-6,17H,7H2,1-2H3,(H,14,15). The number of nitrogens with one attached hydrogen (secondary N) is 1. The van der Waals surface area contributed by atoms with Gasteiger partial charge in [-0.15, -0.1) is 0 Å². The van der Waals surface area contributed by atoms with E-state index in [4.69, 9.17) is 5.11 Å². The van der Waals surface area contributed by atoms with Gasteiger partial charge in [0.25, 0.3) is 10.0 Å². The highest BCUT2D eigenvalue weighted by molar-refractivity contribution is 7.92. The molecule has 2 aromatic rings. The topological polar surface area (TPSA) is 86.3 Å². The second kappa shape index (κ2) is 5.22. The second-order valence-corrected chi connectivity index (χ2v) is 6.14. The Morgan fingerprint density at radius 2 is 1.95 bits per heavy atom. The molecule has 0 saturated carbocycles. The number of aromatic amines is 1. The van der Waals surface area contributed by atoms with Crippen molar-refractivity contribution in [3.05, 3.63) is 41.5 Å². The number of aliphatic hydroxyl groups is 1. The van der Waals surface area contributed by atoms with Crippen LogP contribution in [0.3, 0.4) is 0 Å². The van der Waals surface area contributed by atoms with Crippen LogP contribution < -0.4 is 4.31 Å². The van der Waals surface area contributed by atoms with Crippen molar-refractivity contribution in [1.82, 2.24) is 10.2 Å². The fraction of sp³-hybridized carbons (Fsp3) is 0.250. The van der Waals surface area contributed by atoms with Crippen molar-refractivity contribution in [3.8, 4) is 0 Å². The Kier molecular flexibility index (Phi) is 3.78. The Balaban J connectivity index is 2.49. The minimum Gasteiger partial charge on any atom is -0.390 e. The van der Waals surface area contributed by atoms with Gasteiger partial charge < -0.3 is 5.11 Å². The summed E-state index contributed by atoms with van der Waals surface area (Å²) in [7, 11) is -2.52. The fourth-order valence-corrected chi connectivity index (χ4v) is 3.36. The van der Waals surface area contributed by atoms with E-state index in [1.165, 1.54) is 31.3 Å². The number of aryl methyl sites for hydroxylation is 1. The molecule has 1 aromatic heterocycles. The lowest BCUT2D eigenvalue weighted by Crippen LogP contribution is -2.27. The summed E-state index contributed by atoms with van der Waals surface area (Å²) in [6.45, 7) is 1.06. The Hall–Kier alpha value is -1.93. The summed E-state index contributed by atoms with van der Waals surface area (Å²) in [6.07, 6.45) is 0. The largest absolute Gasteiger partial charge is 0.390 e. The van der Waals surface area contributed by atoms with Crippen LogP contribution in [0.5, 0.6) is 0 Å². The van der Waals surface area contributed by atoms with Crippen LogP contribution in [0.1, 0.15) is 11.4 Å². The molecule has 0 aliphatic rings. The third-order valence-corrected chi connectivity index (χ3v) is 4.91. The smallest absolute Gasteiger partial charge is 0.267 e. The van der Waals surface area contributed by atoms with E-state index >= 15 is 0 Å². The molecule has 1 aromatic carbocycles. The molecule has 108 valence electrons. The molecule has 0 fully saturated rings. The third kappa shape index (κ3) is 2.39. The summed E-state index contributed by atoms with van der Waals surface area (Å²) < 4.78 is 39.0. The predicted molar refractivity (Wildman–Crippen MR) is 71.2 cm³/mol. The van der Waals surface area contributed by atoms with Gasteiger partial charge in [0.05, 0.1) is 18.0 Å². The predicted octanol–water partition coefficient (Wildman–Crippen LogP) is 1.17. The molecule has 0 saturated heterocycles. The first kappa shape index (κ1) is 14.5. The number of nitrogens with zero attached hydrogens (tertiary/aromatic N) is 2. The van der Waals surface area contributed by atoms with Crippen molar-refractivity contribution >= 4 is 15.7 Å². The van der Waals surface area contributed by atoms with E-state index in [9.17, 15) is 12.8 Å². The average Bonchev–Trinajstić information content (AvgIpc) is 2.80. The summed E-state index contributed by atoms with van der Waals surface area (Å²) in [5.74, 6) is -0.449. The molecular formula is C12H14FN3O3S. The first-order chi connectivity index (χ1) is 9.37. The van der Waals surface area contributed by atoms with Crippen molar-refractivity contribution in [2.45, 2.75) is 18.4 Å². The number of aromatic nitrogens is 2. The lowest BCUT2D eigenvalue weighted by Gasteiger charge is -2.19. The van der Waals surface area contributed by atoms with Crippen LogP contribution in [0.4, 0.5) is 10.1 Å². The van der Waals surface area contributed by atoms with Crippen LogP contribution in [0, 0.1) is 12.7 Å². The molecule has 0 spiro atoms. The highest BCUT2D eigenvalue weighted by Crippen LogP contribution is 2.25. The molecule has 0 atom stereocenters. The van der Waals surface area contributed by atoms with Crippen LogP contribution in [0.25, 0.3) is 0 Å². The Morgan fingerprint density at radius 1 is 1.35 bits per heavy atom. The maximum atomic E-state index is 12.9. The first-order valence-electron chi connectivity index (χ1n) is 5.77. The Morgan fingerprint density at radius 3 is 2.50 bits per heavy atom. The number of hydrogen-bond donors (Lipinski definition) is 2. The monoisotopic (exact) mass is 299 g/mol. The average molecular weight is 299 g/mol. The van der Waals surface area contributed by atoms with Gasteiger partial charge in [-0.05, 0) is 31.2 Å². The molecule has 0 amide bonds. The lowest BCUT2D eigenvalue weighted by atomic mass is 10.3. The van der Waals surface area contributed by atoms with Crippen LogP contribution in [0.2, 0.25) is 0 Å². The number of anilines is 1. The second-order valence-electron chi connectivity index (χ2n) is 4.23. The molecule has 0 aliphatic carbocycles. The molecule has 8 heteroatoms. The van der Waals surface area contributed by atoms with Gasteiger partial charge in [-0.1, -0.05) is 0 Å². The molecule has 0 aliphatic heterocycles. The normalized spacial score (nSPS) is 11.6. The molecular weight excluding hydrogens is 285 g/mol. The van der Waals surface area contributed by atoms with Crippen molar-refractivity contribution < 1.29 is 17.9 Å². The minimum absolute atomic E-state index is 0.0523. The van der Waals surface area contributed by atoms with Crippen molar-refractivity contribution in [2.75, 3.05) is 11.4 Å². The van der Waals surface area contributed by atoms with Crippen molar-refractivity contribution in [2.24, 2.45) is 0 Å². The van der Waals surface area contributed by atoms with Gasteiger partial charge in [0, 0.05) is 7.05 Å². The van der Waals surface area contributed by atoms with E-state index in [1.54, 1.807) is 6.92 Å². The van der Waals surface area contributed by atoms with E-state index in [2.05, 4.69) is 10.2 Å². The molecule has 2 N–H and O–H groups in total. The summed E-state index contributed by atoms with van der Waals surface area (Å²) in [5, 5.41) is 15.5. The zero-order chi connectivity index (χ0) is 14.9. The number of hydrogen-bond acceptors (Lipinski definition) is 4. The van der Waals surface area contributed by atoms with Gasteiger partial charge in [-0.25, -0.2) is 12.8 Å². The summed E-state index contributed by atoms with van der Waals surface area (Å²) in [6, 6.07) is 5.08. The lowest BCUT2D eigenvalue weighted by molar-refractivity contribution is 0.273. The van der Waals surface area contributed by atoms with Gasteiger partial charge in [-0.3, -0.25) is 9.40 Å². The van der Waals surface area contributed by atoms with Gasteiger partial charge in [0.15, 0.2) is 0 Å². The zero-order valence-corrected chi connectivity index (χ0v) is 11.8. The Labute approximate surface area is 115 Å². The van der Waals surface area contributed by atoms with Gasteiger partial charge in [-0.2, -0.15) is 5.10 Å². The number of benzene rings is 1. The van der Waals surface area contributed by atoms with Crippen LogP contribution in [-0.4, -0.2) is 30.8 Å². The fourth-order valence-electron chi connectivity index (χ4n) is 1.85. The van der Waals surface area contributed by atoms with E-state index < -0.39 is 22.4 Å². The van der Waals surface area contributed by atoms with E-state index in [0.717, 1.165) is 4.31 Å². The number of halogens is 1. The van der Waals surface area contributed by atoms with E-state index in [0.29, 0.717) is 11.4 Å². The van der Waals surface area contributed by atoms with Crippen LogP contribution in [0.15, 0.2) is 29.2 Å². The Bertz CT molecular complexity index is 710. The maximum Gasteiger partial charge on any atom is 0.267 e. The van der Waals surface area contributed by atoms with Crippen molar-refractivity contribution in [1.29, 1.82) is 0 Å². The molecule has 20 heavy (non-hydrogen) atoms. The first-order valence-corrected chi connectivity index (χ1v) is 7.21. The van der Waals surface area contributed by atoms with Gasteiger partial charge >= 0.3 is 0 Å². The van der Waals surface area contributed by atoms with E-state index in [1.807, 2.05) is 0 Å². The summed E-state index contributed by atoms with van der Waals surface area (Å²) in [4.78, 5) is -0.0631. The molecule has 0 radical (unpaired) electrons. The van der Waals surface area contributed by atoms with Crippen LogP contribution >= 0.6 is 0 Å². The number of rotatable bonds is 4. The molecule has 0 unspecified atom stereocenters. The summed E-state index contributed by atoms with van der Waals surface area (Å²) in [5.41, 5.74) is 0.704. The third-order valence-electron chi connectivity index (χ3n) is 2.92. The van der Waals surface area contributed by atoms with Crippen LogP contribution in [-0.2, 0) is 16.6 Å². The highest BCUT2D eigenvalue weighted by atomic mass is 32.2. The highest BCUT2D eigenvalue weighted by Gasteiger charge is 2.28. The van der Waals surface area contributed by atoms with Gasteiger partial charge in [0.1, 0.15) is 16.4 Å².